The van der Waals surface area contributed by atoms with Crippen molar-refractivity contribution in [3.05, 3.63) is 57.7 Å². The van der Waals surface area contributed by atoms with Gasteiger partial charge in [-0.15, -0.1) is 0 Å². The molecule has 1 aliphatic heterocycles. The van der Waals surface area contributed by atoms with Gasteiger partial charge < -0.3 is 15.0 Å². The fraction of sp³-hybridized carbons (Fsp3) is 0.357. The number of rotatable bonds is 11. The maximum atomic E-state index is 13.8. The van der Waals surface area contributed by atoms with Crippen LogP contribution in [0.15, 0.2) is 36.5 Å². The van der Waals surface area contributed by atoms with Crippen molar-refractivity contribution in [2.75, 3.05) is 53.4 Å². The summed E-state index contributed by atoms with van der Waals surface area (Å²) in [5, 5.41) is 3.29. The molecule has 2 heterocycles. The van der Waals surface area contributed by atoms with Crippen LogP contribution in [0.25, 0.3) is 0 Å². The normalized spacial score (nSPS) is 12.7. The average Bonchev–Trinajstić information content (AvgIpc) is 2.98. The zero-order chi connectivity index (χ0) is 29.7. The number of benzene rings is 2. The molecule has 4 rings (SSSR count). The van der Waals surface area contributed by atoms with Gasteiger partial charge in [-0.25, -0.2) is 15.3 Å². The first-order valence-corrected chi connectivity index (χ1v) is 14.1. The Kier molecular flexibility index (Phi) is 9.74. The van der Waals surface area contributed by atoms with E-state index in [2.05, 4.69) is 39.5 Å². The number of hydrogen-bond acceptors (Lipinski definition) is 8. The van der Waals surface area contributed by atoms with E-state index in [0.29, 0.717) is 23.9 Å². The standard InChI is InChI=1S/C28H33Cl2N7O4/c1-6-35(7-2)19-12-10-18(11-13-19)32-27-31-15-17-16-37(28(39)36(8-3)25(17)33-27)24-22(29)20(26(38)34-41-9-4)14-21(40-5)23(24)30/h10-15H,6-9,16H2,1-5H3,(H,34,38)(H,31,32,33). The lowest BCUT2D eigenvalue weighted by Gasteiger charge is -2.36. The highest BCUT2D eigenvalue weighted by Crippen LogP contribution is 2.45. The fourth-order valence-corrected chi connectivity index (χ4v) is 5.27. The number of methoxy groups -OCH3 is 1. The van der Waals surface area contributed by atoms with E-state index in [1.807, 2.05) is 31.2 Å². The van der Waals surface area contributed by atoms with E-state index in [1.165, 1.54) is 23.0 Å². The van der Waals surface area contributed by atoms with E-state index in [9.17, 15) is 9.59 Å². The molecule has 13 heteroatoms. The molecule has 0 bridgehead atoms. The van der Waals surface area contributed by atoms with E-state index in [4.69, 9.17) is 32.8 Å². The summed E-state index contributed by atoms with van der Waals surface area (Å²) in [5.41, 5.74) is 5.11. The topological polar surface area (TPSA) is 112 Å². The molecular formula is C28H33Cl2N7O4. The smallest absolute Gasteiger partial charge is 0.330 e. The first-order chi connectivity index (χ1) is 19.8. The molecule has 0 fully saturated rings. The quantitative estimate of drug-likeness (QED) is 0.256. The van der Waals surface area contributed by atoms with Gasteiger partial charge in [0.15, 0.2) is 0 Å². The molecule has 2 aromatic carbocycles. The second-order valence-electron chi connectivity index (χ2n) is 8.97. The Morgan fingerprint density at radius 1 is 1.10 bits per heavy atom. The summed E-state index contributed by atoms with van der Waals surface area (Å²) < 4.78 is 5.39. The summed E-state index contributed by atoms with van der Waals surface area (Å²) in [4.78, 5) is 45.9. The molecule has 0 saturated carbocycles. The third kappa shape index (κ3) is 6.12. The van der Waals surface area contributed by atoms with Crippen molar-refractivity contribution >= 4 is 64.0 Å². The lowest BCUT2D eigenvalue weighted by molar-refractivity contribution is 0.0364. The number of hydroxylamine groups is 1. The second kappa shape index (κ2) is 13.2. The maximum Gasteiger partial charge on any atom is 0.330 e. The van der Waals surface area contributed by atoms with Crippen LogP contribution >= 0.6 is 23.2 Å². The van der Waals surface area contributed by atoms with E-state index in [1.54, 1.807) is 13.1 Å². The summed E-state index contributed by atoms with van der Waals surface area (Å²) in [7, 11) is 1.41. The van der Waals surface area contributed by atoms with Crippen molar-refractivity contribution < 1.29 is 19.2 Å². The van der Waals surface area contributed by atoms with Gasteiger partial charge in [0.05, 0.1) is 36.5 Å². The highest BCUT2D eigenvalue weighted by molar-refractivity contribution is 6.43. The molecule has 0 unspecified atom stereocenters. The first-order valence-electron chi connectivity index (χ1n) is 13.3. The second-order valence-corrected chi connectivity index (χ2v) is 9.72. The number of halogens is 2. The Labute approximate surface area is 249 Å². The van der Waals surface area contributed by atoms with Crippen LogP contribution in [0.3, 0.4) is 0 Å². The predicted molar refractivity (Wildman–Crippen MR) is 162 cm³/mol. The van der Waals surface area contributed by atoms with E-state index >= 15 is 0 Å². The van der Waals surface area contributed by atoms with Crippen LogP contribution in [0.5, 0.6) is 5.75 Å². The lowest BCUT2D eigenvalue weighted by atomic mass is 10.1. The summed E-state index contributed by atoms with van der Waals surface area (Å²) in [6, 6.07) is 9.00. The van der Waals surface area contributed by atoms with Crippen LogP contribution in [-0.4, -0.2) is 55.3 Å². The van der Waals surface area contributed by atoms with Gasteiger partial charge in [0.1, 0.15) is 16.6 Å². The van der Waals surface area contributed by atoms with Crippen molar-refractivity contribution in [3.8, 4) is 5.75 Å². The fourth-order valence-electron chi connectivity index (χ4n) is 4.55. The molecule has 3 amide bonds. The molecule has 11 nitrogen and oxygen atoms in total. The van der Waals surface area contributed by atoms with Crippen molar-refractivity contribution in [2.24, 2.45) is 0 Å². The minimum absolute atomic E-state index is 0.0202. The summed E-state index contributed by atoms with van der Waals surface area (Å²) in [5.74, 6) is 0.397. The number of nitrogens with one attached hydrogen (secondary N) is 2. The third-order valence-corrected chi connectivity index (χ3v) is 7.39. The molecule has 0 saturated heterocycles. The van der Waals surface area contributed by atoms with Crippen LogP contribution in [0.2, 0.25) is 10.0 Å². The van der Waals surface area contributed by atoms with Gasteiger partial charge in [0.2, 0.25) is 5.95 Å². The van der Waals surface area contributed by atoms with Crippen LogP contribution < -0.4 is 30.2 Å². The molecule has 0 atom stereocenters. The van der Waals surface area contributed by atoms with Gasteiger partial charge >= 0.3 is 6.03 Å². The highest BCUT2D eigenvalue weighted by Gasteiger charge is 2.36. The molecule has 218 valence electrons. The largest absolute Gasteiger partial charge is 0.495 e. The Hall–Kier alpha value is -3.80. The van der Waals surface area contributed by atoms with Gasteiger partial charge in [-0.3, -0.25) is 19.4 Å². The van der Waals surface area contributed by atoms with E-state index < -0.39 is 11.9 Å². The third-order valence-electron chi connectivity index (χ3n) is 6.64. The Balaban J connectivity index is 1.67. The van der Waals surface area contributed by atoms with Crippen LogP contribution in [0.4, 0.5) is 33.6 Å². The summed E-state index contributed by atoms with van der Waals surface area (Å²) in [6.45, 7) is 10.3. The molecule has 0 radical (unpaired) electrons. The molecule has 0 spiro atoms. The zero-order valence-corrected chi connectivity index (χ0v) is 25.1. The number of nitrogens with zero attached hydrogens (tertiary/aromatic N) is 5. The van der Waals surface area contributed by atoms with Gasteiger partial charge in [-0.2, -0.15) is 4.98 Å². The first kappa shape index (κ1) is 30.2. The Morgan fingerprint density at radius 2 is 1.80 bits per heavy atom. The van der Waals surface area contributed by atoms with Crippen molar-refractivity contribution in [1.29, 1.82) is 0 Å². The molecular weight excluding hydrogens is 569 g/mol. The van der Waals surface area contributed by atoms with Crippen molar-refractivity contribution in [2.45, 2.75) is 34.2 Å². The lowest BCUT2D eigenvalue weighted by Crippen LogP contribution is -2.48. The zero-order valence-electron chi connectivity index (χ0n) is 23.6. The SMILES string of the molecule is CCONC(=O)c1cc(OC)c(Cl)c(N2Cc3cnc(Nc4ccc(N(CC)CC)cc4)nc3N(CC)C2=O)c1Cl. The molecule has 0 aliphatic carbocycles. The molecule has 2 N–H and O–H groups in total. The number of urea groups is 1. The predicted octanol–water partition coefficient (Wildman–Crippen LogP) is 6.03. The van der Waals surface area contributed by atoms with Crippen LogP contribution in [0.1, 0.15) is 43.6 Å². The molecule has 1 aromatic heterocycles. The molecule has 41 heavy (non-hydrogen) atoms. The van der Waals surface area contributed by atoms with Gasteiger partial charge in [0.25, 0.3) is 5.91 Å². The number of hydrogen-bond donors (Lipinski definition) is 2. The number of carbonyl (C=O) groups is 2. The average molecular weight is 603 g/mol. The number of fused-ring (bicyclic) bond motifs is 1. The van der Waals surface area contributed by atoms with Crippen LogP contribution in [0, 0.1) is 0 Å². The maximum absolute atomic E-state index is 13.8. The number of aromatic nitrogens is 2. The monoisotopic (exact) mass is 601 g/mol. The van der Waals surface area contributed by atoms with Gasteiger partial charge in [0, 0.05) is 42.8 Å². The minimum atomic E-state index is -0.602. The summed E-state index contributed by atoms with van der Waals surface area (Å²) >= 11 is 13.3. The van der Waals surface area contributed by atoms with Gasteiger partial charge in [-0.05, 0) is 58.0 Å². The number of ether oxygens (including phenoxy) is 1. The van der Waals surface area contributed by atoms with Crippen LogP contribution in [-0.2, 0) is 11.4 Å². The number of anilines is 5. The van der Waals surface area contributed by atoms with E-state index in [-0.39, 0.29) is 40.2 Å². The Morgan fingerprint density at radius 3 is 2.41 bits per heavy atom. The van der Waals surface area contributed by atoms with Crippen molar-refractivity contribution in [1.82, 2.24) is 15.4 Å². The highest BCUT2D eigenvalue weighted by atomic mass is 35.5. The van der Waals surface area contributed by atoms with Crippen molar-refractivity contribution in [3.63, 3.8) is 0 Å². The minimum Gasteiger partial charge on any atom is -0.495 e. The number of carbonyl (C=O) groups excluding carboxylic acids is 2. The summed E-state index contributed by atoms with van der Waals surface area (Å²) in [6.07, 6.45) is 1.65. The molecule has 3 aromatic rings. The Bertz CT molecular complexity index is 1420. The van der Waals surface area contributed by atoms with E-state index in [0.717, 1.165) is 24.5 Å². The van der Waals surface area contributed by atoms with Gasteiger partial charge in [-0.1, -0.05) is 23.2 Å². The molecule has 1 aliphatic rings. The number of amides is 3.